The molecule has 0 atom stereocenters. The lowest BCUT2D eigenvalue weighted by Gasteiger charge is -2.18. The zero-order valence-corrected chi connectivity index (χ0v) is 20.8. The lowest BCUT2D eigenvalue weighted by Crippen LogP contribution is -2.39. The average molecular weight is 545 g/mol. The molecular weight excluding hydrogens is 511 g/mol. The van der Waals surface area contributed by atoms with E-state index in [4.69, 9.17) is 4.99 Å². The van der Waals surface area contributed by atoms with Gasteiger partial charge in [0.2, 0.25) is 10.0 Å². The van der Waals surface area contributed by atoms with E-state index >= 15 is 0 Å². The second-order valence-electron chi connectivity index (χ2n) is 6.67. The molecule has 6 nitrogen and oxygen atoms in total. The first-order valence-electron chi connectivity index (χ1n) is 10.1. The number of hydrogen-bond acceptors (Lipinski definition) is 3. The Bertz CT molecular complexity index is 806. The van der Waals surface area contributed by atoms with Crippen LogP contribution in [0.2, 0.25) is 0 Å². The fraction of sp³-hybridized carbons (Fsp3) is 0.409. The van der Waals surface area contributed by atoms with Gasteiger partial charge in [-0.1, -0.05) is 60.7 Å². The maximum Gasteiger partial charge on any atom is 0.211 e. The molecule has 0 saturated heterocycles. The highest BCUT2D eigenvalue weighted by molar-refractivity contribution is 14.0. The van der Waals surface area contributed by atoms with Crippen molar-refractivity contribution in [2.24, 2.45) is 4.99 Å². The van der Waals surface area contributed by atoms with Crippen molar-refractivity contribution in [2.45, 2.75) is 26.2 Å². The molecule has 8 heteroatoms. The molecule has 0 amide bonds. The van der Waals surface area contributed by atoms with Crippen LogP contribution in [-0.4, -0.2) is 46.3 Å². The Hall–Kier alpha value is -1.65. The summed E-state index contributed by atoms with van der Waals surface area (Å²) in [6, 6.07) is 20.8. The Balaban J connectivity index is 0.00000450. The topological polar surface area (TPSA) is 82.6 Å². The number of sulfonamides is 1. The highest BCUT2D eigenvalue weighted by Gasteiger charge is 2.13. The van der Waals surface area contributed by atoms with Gasteiger partial charge in [0.15, 0.2) is 5.96 Å². The first-order chi connectivity index (χ1) is 14.1. The lowest BCUT2D eigenvalue weighted by atomic mass is 9.91. The summed E-state index contributed by atoms with van der Waals surface area (Å²) in [7, 11) is -3.14. The van der Waals surface area contributed by atoms with Gasteiger partial charge in [-0.15, -0.1) is 24.0 Å². The predicted octanol–water partition coefficient (Wildman–Crippen LogP) is 3.32. The number of hydrogen-bond donors (Lipinski definition) is 3. The number of halogens is 1. The Labute approximate surface area is 198 Å². The van der Waals surface area contributed by atoms with Crippen LogP contribution >= 0.6 is 24.0 Å². The minimum absolute atomic E-state index is 0. The van der Waals surface area contributed by atoms with Gasteiger partial charge in [0.05, 0.1) is 12.3 Å². The lowest BCUT2D eigenvalue weighted by molar-refractivity contribution is 0.579. The quantitative estimate of drug-likeness (QED) is 0.176. The van der Waals surface area contributed by atoms with Gasteiger partial charge < -0.3 is 10.6 Å². The van der Waals surface area contributed by atoms with Crippen molar-refractivity contribution in [3.63, 3.8) is 0 Å². The van der Waals surface area contributed by atoms with Crippen LogP contribution in [0.25, 0.3) is 0 Å². The van der Waals surface area contributed by atoms with E-state index in [1.165, 1.54) is 11.1 Å². The summed E-state index contributed by atoms with van der Waals surface area (Å²) < 4.78 is 25.5. The third-order valence-electron chi connectivity index (χ3n) is 4.53. The molecule has 2 aromatic rings. The summed E-state index contributed by atoms with van der Waals surface area (Å²) in [6.45, 7) is 6.09. The van der Waals surface area contributed by atoms with Gasteiger partial charge in [-0.3, -0.25) is 4.99 Å². The van der Waals surface area contributed by atoms with Gasteiger partial charge in [-0.25, -0.2) is 13.1 Å². The van der Waals surface area contributed by atoms with Gasteiger partial charge in [-0.05, 0) is 31.4 Å². The van der Waals surface area contributed by atoms with Crippen LogP contribution in [0.1, 0.15) is 37.3 Å². The molecule has 2 aromatic carbocycles. The molecule has 0 aliphatic carbocycles. The number of guanidine groups is 1. The number of aliphatic imine (C=N–C) groups is 1. The maximum absolute atomic E-state index is 11.5. The molecule has 0 aromatic heterocycles. The molecule has 0 fully saturated rings. The molecule has 0 bridgehead atoms. The third kappa shape index (κ3) is 9.44. The second-order valence-corrected chi connectivity index (χ2v) is 8.77. The zero-order valence-electron chi connectivity index (χ0n) is 17.7. The third-order valence-corrected chi connectivity index (χ3v) is 5.93. The van der Waals surface area contributed by atoms with Crippen molar-refractivity contribution < 1.29 is 8.42 Å². The molecule has 0 unspecified atom stereocenters. The smallest absolute Gasteiger partial charge is 0.211 e. The average Bonchev–Trinajstić information content (AvgIpc) is 2.75. The first kappa shape index (κ1) is 26.4. The van der Waals surface area contributed by atoms with Crippen LogP contribution in [0.15, 0.2) is 65.7 Å². The van der Waals surface area contributed by atoms with E-state index in [-0.39, 0.29) is 35.6 Å². The summed E-state index contributed by atoms with van der Waals surface area (Å²) in [6.07, 6.45) is 0.685. The van der Waals surface area contributed by atoms with Crippen molar-refractivity contribution in [3.05, 3.63) is 71.8 Å². The summed E-state index contributed by atoms with van der Waals surface area (Å²) in [4.78, 5) is 4.78. The van der Waals surface area contributed by atoms with Crippen LogP contribution in [0.5, 0.6) is 0 Å². The highest BCUT2D eigenvalue weighted by atomic mass is 127. The minimum Gasteiger partial charge on any atom is -0.357 e. The molecule has 166 valence electrons. The Morgan fingerprint density at radius 2 is 1.47 bits per heavy atom. The van der Waals surface area contributed by atoms with Gasteiger partial charge in [0.1, 0.15) is 0 Å². The largest absolute Gasteiger partial charge is 0.357 e. The summed E-state index contributed by atoms with van der Waals surface area (Å²) in [5.74, 6) is 1.01. The highest BCUT2D eigenvalue weighted by Crippen LogP contribution is 2.24. The van der Waals surface area contributed by atoms with Gasteiger partial charge in [0, 0.05) is 25.6 Å². The minimum atomic E-state index is -3.14. The van der Waals surface area contributed by atoms with Crippen LogP contribution in [0.4, 0.5) is 0 Å². The van der Waals surface area contributed by atoms with Gasteiger partial charge >= 0.3 is 0 Å². The first-order valence-corrected chi connectivity index (χ1v) is 11.8. The second kappa shape index (κ2) is 14.4. The fourth-order valence-corrected chi connectivity index (χ4v) is 3.58. The summed E-state index contributed by atoms with van der Waals surface area (Å²) in [5, 5.41) is 6.55. The standard InChI is InChI=1S/C22H32N4O2S.HI/c1-3-23-22(24-16-11-17-26-29(27,28)4-2)25-18-21(19-12-7-5-8-13-19)20-14-9-6-10-15-20;/h5-10,12-15,21,26H,3-4,11,16-18H2,1-2H3,(H2,23,24,25);1H. The molecular formula is C22H33IN4O2S. The predicted molar refractivity (Wildman–Crippen MR) is 136 cm³/mol. The summed E-state index contributed by atoms with van der Waals surface area (Å²) >= 11 is 0. The van der Waals surface area contributed by atoms with E-state index in [1.807, 2.05) is 19.1 Å². The zero-order chi connectivity index (χ0) is 21.0. The van der Waals surface area contributed by atoms with Crippen LogP contribution in [0, 0.1) is 0 Å². The fourth-order valence-electron chi connectivity index (χ4n) is 2.92. The van der Waals surface area contributed by atoms with E-state index in [0.717, 1.165) is 12.5 Å². The maximum atomic E-state index is 11.5. The summed E-state index contributed by atoms with van der Waals surface area (Å²) in [5.41, 5.74) is 2.46. The number of benzene rings is 2. The normalized spacial score (nSPS) is 11.8. The number of rotatable bonds is 11. The molecule has 0 spiro atoms. The monoisotopic (exact) mass is 544 g/mol. The van der Waals surface area contributed by atoms with E-state index in [1.54, 1.807) is 6.92 Å². The van der Waals surface area contributed by atoms with Crippen LogP contribution in [-0.2, 0) is 10.0 Å². The SMILES string of the molecule is CCNC(=NCC(c1ccccc1)c1ccccc1)NCCCNS(=O)(=O)CC.I. The van der Waals surface area contributed by atoms with Crippen LogP contribution in [0.3, 0.4) is 0 Å². The van der Waals surface area contributed by atoms with Gasteiger partial charge in [-0.2, -0.15) is 0 Å². The molecule has 3 N–H and O–H groups in total. The number of nitrogens with one attached hydrogen (secondary N) is 3. The Morgan fingerprint density at radius 3 is 1.97 bits per heavy atom. The van der Waals surface area contributed by atoms with E-state index in [0.29, 0.717) is 26.1 Å². The Kier molecular flexibility index (Phi) is 12.6. The van der Waals surface area contributed by atoms with Crippen molar-refractivity contribution >= 4 is 40.0 Å². The van der Waals surface area contributed by atoms with Crippen molar-refractivity contribution in [1.29, 1.82) is 0 Å². The van der Waals surface area contributed by atoms with E-state index in [2.05, 4.69) is 63.9 Å². The van der Waals surface area contributed by atoms with Crippen molar-refractivity contribution in [1.82, 2.24) is 15.4 Å². The van der Waals surface area contributed by atoms with Crippen LogP contribution < -0.4 is 15.4 Å². The molecule has 0 aliphatic heterocycles. The van der Waals surface area contributed by atoms with Gasteiger partial charge in [0.25, 0.3) is 0 Å². The molecule has 0 saturated carbocycles. The molecule has 30 heavy (non-hydrogen) atoms. The molecule has 0 radical (unpaired) electrons. The number of nitrogens with zero attached hydrogens (tertiary/aromatic N) is 1. The molecule has 0 aliphatic rings. The van der Waals surface area contributed by atoms with Crippen molar-refractivity contribution in [2.75, 3.05) is 31.9 Å². The van der Waals surface area contributed by atoms with Crippen molar-refractivity contribution in [3.8, 4) is 0 Å². The Morgan fingerprint density at radius 1 is 0.900 bits per heavy atom. The van der Waals surface area contributed by atoms with E-state index < -0.39 is 10.0 Å². The molecule has 2 rings (SSSR count). The van der Waals surface area contributed by atoms with E-state index in [9.17, 15) is 8.42 Å². The molecule has 0 heterocycles.